The minimum atomic E-state index is -0.104. The predicted octanol–water partition coefficient (Wildman–Crippen LogP) is 17.4. The first-order valence-corrected chi connectivity index (χ1v) is 22.4. The molecule has 1 heteroatoms. The van der Waals surface area contributed by atoms with Crippen molar-refractivity contribution in [3.63, 3.8) is 0 Å². The van der Waals surface area contributed by atoms with Crippen LogP contribution in [-0.2, 0) is 5.41 Å². The summed E-state index contributed by atoms with van der Waals surface area (Å²) in [5.41, 5.74) is 25.1. The Balaban J connectivity index is 1.07. The number of fused-ring (bicyclic) bond motifs is 3. The Bertz CT molecular complexity index is 3090. The smallest absolute Gasteiger partial charge is 0.0467 e. The molecular weight excluding hydrogens is 759 g/mol. The van der Waals surface area contributed by atoms with E-state index in [1.54, 1.807) is 0 Å². The Morgan fingerprint density at radius 1 is 0.476 bits per heavy atom. The van der Waals surface area contributed by atoms with Gasteiger partial charge in [0.15, 0.2) is 0 Å². The van der Waals surface area contributed by atoms with E-state index in [0.29, 0.717) is 0 Å². The van der Waals surface area contributed by atoms with Crippen LogP contribution in [0.1, 0.15) is 61.4 Å². The molecule has 8 aromatic carbocycles. The number of allylic oxidation sites excluding steroid dienone is 6. The van der Waals surface area contributed by atoms with Crippen LogP contribution in [0.15, 0.2) is 212 Å². The average molecular weight is 812 g/mol. The molecule has 8 aromatic rings. The number of rotatable bonds is 9. The lowest BCUT2D eigenvalue weighted by molar-refractivity contribution is 0.660. The topological polar surface area (TPSA) is 3.24 Å². The van der Waals surface area contributed by atoms with E-state index in [2.05, 4.69) is 246 Å². The normalized spacial score (nSPS) is 13.9. The highest BCUT2D eigenvalue weighted by Crippen LogP contribution is 2.53. The molecule has 0 radical (unpaired) electrons. The molecule has 0 atom stereocenters. The molecule has 2 aliphatic rings. The summed E-state index contributed by atoms with van der Waals surface area (Å²) in [6.07, 6.45) is 11.2. The second-order valence-corrected chi connectivity index (χ2v) is 17.7. The molecule has 0 saturated carbocycles. The van der Waals surface area contributed by atoms with E-state index in [1.807, 2.05) is 0 Å². The second kappa shape index (κ2) is 16.6. The maximum absolute atomic E-state index is 2.44. The third kappa shape index (κ3) is 7.49. The quantitative estimate of drug-likeness (QED) is 0.140. The fraction of sp³-hybridized carbons (Fsp3) is 0.129. The first kappa shape index (κ1) is 39.9. The monoisotopic (exact) mass is 811 g/mol. The average Bonchev–Trinajstić information content (AvgIpc) is 3.55. The molecule has 0 spiro atoms. The van der Waals surface area contributed by atoms with Gasteiger partial charge in [0, 0.05) is 22.5 Å². The maximum atomic E-state index is 2.44. The van der Waals surface area contributed by atoms with Gasteiger partial charge in [-0.05, 0) is 171 Å². The summed E-state index contributed by atoms with van der Waals surface area (Å²) in [6, 6.07) is 67.5. The first-order valence-electron chi connectivity index (χ1n) is 22.4. The van der Waals surface area contributed by atoms with Crippen molar-refractivity contribution in [2.75, 3.05) is 4.90 Å². The van der Waals surface area contributed by atoms with Crippen LogP contribution in [-0.4, -0.2) is 0 Å². The van der Waals surface area contributed by atoms with Crippen LogP contribution >= 0.6 is 0 Å². The molecule has 0 aliphatic heterocycles. The Morgan fingerprint density at radius 3 is 1.75 bits per heavy atom. The molecule has 10 rings (SSSR count). The van der Waals surface area contributed by atoms with E-state index < -0.39 is 0 Å². The molecule has 0 unspecified atom stereocenters. The Morgan fingerprint density at radius 2 is 1.05 bits per heavy atom. The fourth-order valence-corrected chi connectivity index (χ4v) is 9.98. The lowest BCUT2D eigenvalue weighted by atomic mass is 9.81. The third-order valence-corrected chi connectivity index (χ3v) is 13.2. The van der Waals surface area contributed by atoms with Crippen molar-refractivity contribution in [2.45, 2.75) is 52.9 Å². The number of anilines is 3. The van der Waals surface area contributed by atoms with Gasteiger partial charge >= 0.3 is 0 Å². The van der Waals surface area contributed by atoms with Gasteiger partial charge < -0.3 is 4.90 Å². The van der Waals surface area contributed by atoms with Gasteiger partial charge in [0.05, 0.1) is 0 Å². The van der Waals surface area contributed by atoms with E-state index in [9.17, 15) is 0 Å². The van der Waals surface area contributed by atoms with Gasteiger partial charge in [0.25, 0.3) is 0 Å². The zero-order chi connectivity index (χ0) is 43.1. The molecule has 0 heterocycles. The summed E-state index contributed by atoms with van der Waals surface area (Å²) in [5, 5.41) is 0. The van der Waals surface area contributed by atoms with Gasteiger partial charge in [-0.15, -0.1) is 0 Å². The number of hydrogen-bond donors (Lipinski definition) is 0. The number of benzene rings is 8. The van der Waals surface area contributed by atoms with Gasteiger partial charge in [-0.1, -0.05) is 177 Å². The van der Waals surface area contributed by atoms with Crippen molar-refractivity contribution < 1.29 is 0 Å². The minimum Gasteiger partial charge on any atom is -0.310 e. The lowest BCUT2D eigenvalue weighted by Gasteiger charge is -2.27. The third-order valence-electron chi connectivity index (χ3n) is 13.2. The number of nitrogens with zero attached hydrogens (tertiary/aromatic N) is 1. The molecular formula is C62H53N. The summed E-state index contributed by atoms with van der Waals surface area (Å²) in [4.78, 5) is 2.41. The lowest BCUT2D eigenvalue weighted by Crippen LogP contribution is -2.15. The van der Waals surface area contributed by atoms with Gasteiger partial charge in [0.1, 0.15) is 0 Å². The van der Waals surface area contributed by atoms with Gasteiger partial charge in [-0.3, -0.25) is 0 Å². The van der Waals surface area contributed by atoms with Crippen LogP contribution < -0.4 is 4.90 Å². The summed E-state index contributed by atoms with van der Waals surface area (Å²) >= 11 is 0. The van der Waals surface area contributed by atoms with Crippen LogP contribution in [0.25, 0.3) is 61.2 Å². The molecule has 0 amide bonds. The number of aryl methyl sites for hydroxylation is 2. The second-order valence-electron chi connectivity index (χ2n) is 17.7. The number of hydrogen-bond acceptors (Lipinski definition) is 1. The Labute approximate surface area is 374 Å². The van der Waals surface area contributed by atoms with Crippen molar-refractivity contribution >= 4 is 22.6 Å². The van der Waals surface area contributed by atoms with Crippen LogP contribution in [0.2, 0.25) is 0 Å². The van der Waals surface area contributed by atoms with Crippen LogP contribution in [0.4, 0.5) is 17.1 Å². The van der Waals surface area contributed by atoms with Gasteiger partial charge in [-0.2, -0.15) is 0 Å². The first-order chi connectivity index (χ1) is 30.8. The standard InChI is InChI=1S/C62H53N/c1-6-17-46-22-13-14-27-55(46)56-40-50(29-28-43(56)3)45-30-33-52(34-31-45)63(53-25-15-23-48(38-53)44-18-9-7-10-19-44)54-26-16-24-49(39-54)51-32-35-59-58(41-51)61-57(47-20-11-8-12-21-47)36-42(2)37-60(61)62(59,4)5/h6-12,14-21,23-41H,13,22H2,1-5H3/b17-6+. The molecule has 0 saturated heterocycles. The van der Waals surface area contributed by atoms with Gasteiger partial charge in [0.2, 0.25) is 0 Å². The van der Waals surface area contributed by atoms with Gasteiger partial charge in [-0.25, -0.2) is 0 Å². The molecule has 2 aliphatic carbocycles. The highest BCUT2D eigenvalue weighted by molar-refractivity contribution is 5.95. The molecule has 0 fully saturated rings. The van der Waals surface area contributed by atoms with E-state index in [4.69, 9.17) is 0 Å². The predicted molar refractivity (Wildman–Crippen MR) is 270 cm³/mol. The molecule has 0 aromatic heterocycles. The minimum absolute atomic E-state index is 0.104. The Kier molecular flexibility index (Phi) is 10.5. The Hall–Kier alpha value is -7.22. The van der Waals surface area contributed by atoms with Crippen LogP contribution in [0.5, 0.6) is 0 Å². The molecule has 1 nitrogen and oxygen atoms in total. The molecule has 0 bridgehead atoms. The van der Waals surface area contributed by atoms with Crippen LogP contribution in [0, 0.1) is 13.8 Å². The SMILES string of the molecule is C/C=C/C1=C(c2cc(-c3ccc(N(c4cccc(-c5ccccc5)c4)c4cccc(-c5ccc6c(c5)-c5c(-c7ccccc7)cc(C)cc5C6(C)C)c4)cc3)ccc2C)C=CCC1. The van der Waals surface area contributed by atoms with Crippen molar-refractivity contribution in [2.24, 2.45) is 0 Å². The van der Waals surface area contributed by atoms with E-state index in [1.165, 1.54) is 94.6 Å². The van der Waals surface area contributed by atoms with Crippen molar-refractivity contribution in [3.8, 4) is 55.6 Å². The van der Waals surface area contributed by atoms with Crippen LogP contribution in [0.3, 0.4) is 0 Å². The van der Waals surface area contributed by atoms with E-state index in [0.717, 1.165) is 29.9 Å². The molecule has 306 valence electrons. The molecule has 0 N–H and O–H groups in total. The van der Waals surface area contributed by atoms with Crippen molar-refractivity contribution in [1.29, 1.82) is 0 Å². The molecule has 63 heavy (non-hydrogen) atoms. The van der Waals surface area contributed by atoms with Crippen molar-refractivity contribution in [1.82, 2.24) is 0 Å². The maximum Gasteiger partial charge on any atom is 0.0467 e. The largest absolute Gasteiger partial charge is 0.310 e. The highest BCUT2D eigenvalue weighted by atomic mass is 15.1. The summed E-state index contributed by atoms with van der Waals surface area (Å²) < 4.78 is 0. The van der Waals surface area contributed by atoms with E-state index >= 15 is 0 Å². The zero-order valence-corrected chi connectivity index (χ0v) is 37.0. The van der Waals surface area contributed by atoms with E-state index in [-0.39, 0.29) is 5.41 Å². The summed E-state index contributed by atoms with van der Waals surface area (Å²) in [6.45, 7) is 11.3. The highest BCUT2D eigenvalue weighted by Gasteiger charge is 2.37. The van der Waals surface area contributed by atoms with Crippen molar-refractivity contribution in [3.05, 3.63) is 240 Å². The summed E-state index contributed by atoms with van der Waals surface area (Å²) in [7, 11) is 0. The fourth-order valence-electron chi connectivity index (χ4n) is 9.98. The zero-order valence-electron chi connectivity index (χ0n) is 37.0. The summed E-state index contributed by atoms with van der Waals surface area (Å²) in [5.74, 6) is 0.